The standard InChI is InChI=1S/C21H18N2O4S/c1-13(15-8-7-14-5-3-4-6-16(14)11-15)22-28(26,27)17-9-10-18-19(12-17)21(25)23(2)20(18)24/h3-13,22H,1-2H3. The lowest BCUT2D eigenvalue weighted by Crippen LogP contribution is -2.27. The molecule has 1 N–H and O–H groups in total. The molecule has 3 aromatic carbocycles. The number of imide groups is 1. The fraction of sp³-hybridized carbons (Fsp3) is 0.143. The van der Waals surface area contributed by atoms with Crippen LogP contribution in [-0.4, -0.2) is 32.2 Å². The summed E-state index contributed by atoms with van der Waals surface area (Å²) in [7, 11) is -2.50. The summed E-state index contributed by atoms with van der Waals surface area (Å²) in [6.45, 7) is 1.76. The van der Waals surface area contributed by atoms with Gasteiger partial charge in [-0.2, -0.15) is 0 Å². The second-order valence-corrected chi connectivity index (χ2v) is 8.54. The molecule has 0 fully saturated rings. The van der Waals surface area contributed by atoms with Gasteiger partial charge in [0.1, 0.15) is 0 Å². The number of carbonyl (C=O) groups is 2. The van der Waals surface area contributed by atoms with Crippen LogP contribution in [0.3, 0.4) is 0 Å². The molecule has 2 amide bonds. The maximum atomic E-state index is 12.8. The largest absolute Gasteiger partial charge is 0.277 e. The Labute approximate surface area is 162 Å². The summed E-state index contributed by atoms with van der Waals surface area (Å²) in [5, 5.41) is 2.10. The van der Waals surface area contributed by atoms with Gasteiger partial charge in [0.25, 0.3) is 11.8 Å². The molecule has 0 saturated heterocycles. The predicted octanol–water partition coefficient (Wildman–Crippen LogP) is 3.11. The molecule has 1 heterocycles. The van der Waals surface area contributed by atoms with Gasteiger partial charge in [0.05, 0.1) is 16.0 Å². The first-order valence-electron chi connectivity index (χ1n) is 8.75. The molecule has 0 aliphatic carbocycles. The zero-order chi connectivity index (χ0) is 20.1. The molecule has 4 rings (SSSR count). The summed E-state index contributed by atoms with van der Waals surface area (Å²) in [5.41, 5.74) is 1.15. The van der Waals surface area contributed by atoms with Crippen molar-refractivity contribution in [1.82, 2.24) is 9.62 Å². The van der Waals surface area contributed by atoms with E-state index in [0.29, 0.717) is 0 Å². The summed E-state index contributed by atoms with van der Waals surface area (Å²) in [6.07, 6.45) is 0. The first kappa shape index (κ1) is 18.3. The third kappa shape index (κ3) is 2.98. The number of amides is 2. The number of benzene rings is 3. The molecule has 28 heavy (non-hydrogen) atoms. The molecular weight excluding hydrogens is 376 g/mol. The summed E-state index contributed by atoms with van der Waals surface area (Å²) < 4.78 is 28.3. The van der Waals surface area contributed by atoms with Gasteiger partial charge in [-0.15, -0.1) is 0 Å². The summed E-state index contributed by atoms with van der Waals surface area (Å²) in [4.78, 5) is 25.1. The molecule has 0 spiro atoms. The zero-order valence-electron chi connectivity index (χ0n) is 15.3. The van der Waals surface area contributed by atoms with E-state index in [1.165, 1.54) is 25.2 Å². The van der Waals surface area contributed by atoms with Crippen LogP contribution in [0.1, 0.15) is 39.2 Å². The average molecular weight is 394 g/mol. The topological polar surface area (TPSA) is 83.6 Å². The van der Waals surface area contributed by atoms with Gasteiger partial charge in [0.15, 0.2) is 0 Å². The van der Waals surface area contributed by atoms with Crippen molar-refractivity contribution in [2.24, 2.45) is 0 Å². The first-order chi connectivity index (χ1) is 13.3. The van der Waals surface area contributed by atoms with Crippen LogP contribution in [0.2, 0.25) is 0 Å². The van der Waals surface area contributed by atoms with Crippen molar-refractivity contribution < 1.29 is 18.0 Å². The highest BCUT2D eigenvalue weighted by Crippen LogP contribution is 2.26. The number of carbonyl (C=O) groups excluding carboxylic acids is 2. The van der Waals surface area contributed by atoms with E-state index in [0.717, 1.165) is 21.2 Å². The molecule has 1 aliphatic rings. The van der Waals surface area contributed by atoms with Gasteiger partial charge in [-0.3, -0.25) is 14.5 Å². The van der Waals surface area contributed by atoms with Crippen molar-refractivity contribution in [3.63, 3.8) is 0 Å². The zero-order valence-corrected chi connectivity index (χ0v) is 16.2. The third-order valence-corrected chi connectivity index (χ3v) is 6.52. The van der Waals surface area contributed by atoms with Crippen LogP contribution in [0, 0.1) is 0 Å². The van der Waals surface area contributed by atoms with Crippen molar-refractivity contribution >= 4 is 32.6 Å². The molecule has 1 aliphatic heterocycles. The molecule has 0 aromatic heterocycles. The SMILES string of the molecule is CC(NS(=O)(=O)c1ccc2c(c1)C(=O)N(C)C2=O)c1ccc2ccccc2c1. The van der Waals surface area contributed by atoms with Crippen molar-refractivity contribution in [3.05, 3.63) is 77.4 Å². The van der Waals surface area contributed by atoms with Crippen LogP contribution in [0.5, 0.6) is 0 Å². The molecule has 0 bridgehead atoms. The quantitative estimate of drug-likeness (QED) is 0.689. The Balaban J connectivity index is 1.64. The monoisotopic (exact) mass is 394 g/mol. The van der Waals surface area contributed by atoms with Gasteiger partial charge in [0, 0.05) is 13.1 Å². The van der Waals surface area contributed by atoms with E-state index in [1.807, 2.05) is 42.5 Å². The molecule has 142 valence electrons. The van der Waals surface area contributed by atoms with Gasteiger partial charge < -0.3 is 0 Å². The van der Waals surface area contributed by atoms with E-state index < -0.39 is 27.9 Å². The number of nitrogens with one attached hydrogen (secondary N) is 1. The van der Waals surface area contributed by atoms with Crippen molar-refractivity contribution in [2.75, 3.05) is 7.05 Å². The lowest BCUT2D eigenvalue weighted by molar-refractivity contribution is 0.0693. The molecule has 0 radical (unpaired) electrons. The number of nitrogens with zero attached hydrogens (tertiary/aromatic N) is 1. The molecule has 0 saturated carbocycles. The van der Waals surface area contributed by atoms with Crippen LogP contribution in [-0.2, 0) is 10.0 Å². The normalized spacial score (nSPS) is 15.1. The molecular formula is C21H18N2O4S. The van der Waals surface area contributed by atoms with Crippen molar-refractivity contribution in [3.8, 4) is 0 Å². The van der Waals surface area contributed by atoms with Crippen LogP contribution in [0.4, 0.5) is 0 Å². The Morgan fingerprint density at radius 3 is 2.29 bits per heavy atom. The molecule has 7 heteroatoms. The maximum Gasteiger partial charge on any atom is 0.261 e. The minimum atomic E-state index is -3.87. The van der Waals surface area contributed by atoms with Gasteiger partial charge in [-0.25, -0.2) is 13.1 Å². The summed E-state index contributed by atoms with van der Waals surface area (Å²) >= 11 is 0. The van der Waals surface area contributed by atoms with Gasteiger partial charge in [-0.05, 0) is 47.5 Å². The number of rotatable bonds is 4. The van der Waals surface area contributed by atoms with E-state index in [-0.39, 0.29) is 16.0 Å². The number of fused-ring (bicyclic) bond motifs is 2. The fourth-order valence-corrected chi connectivity index (χ4v) is 4.61. The fourth-order valence-electron chi connectivity index (χ4n) is 3.35. The second kappa shape index (κ2) is 6.54. The highest BCUT2D eigenvalue weighted by molar-refractivity contribution is 7.89. The number of hydrogen-bond acceptors (Lipinski definition) is 4. The Bertz CT molecular complexity index is 1230. The van der Waals surface area contributed by atoms with Crippen LogP contribution in [0.25, 0.3) is 10.8 Å². The Morgan fingerprint density at radius 2 is 1.54 bits per heavy atom. The first-order valence-corrected chi connectivity index (χ1v) is 10.2. The smallest absolute Gasteiger partial charge is 0.261 e. The maximum absolute atomic E-state index is 12.8. The molecule has 1 unspecified atom stereocenters. The molecule has 3 aromatic rings. The lowest BCUT2D eigenvalue weighted by Gasteiger charge is -2.16. The Hall–Kier alpha value is -3.03. The predicted molar refractivity (Wildman–Crippen MR) is 106 cm³/mol. The van der Waals surface area contributed by atoms with Crippen LogP contribution in [0.15, 0.2) is 65.6 Å². The van der Waals surface area contributed by atoms with Crippen molar-refractivity contribution in [2.45, 2.75) is 17.9 Å². The van der Waals surface area contributed by atoms with Gasteiger partial charge >= 0.3 is 0 Å². The average Bonchev–Trinajstić information content (AvgIpc) is 2.91. The van der Waals surface area contributed by atoms with E-state index in [4.69, 9.17) is 0 Å². The number of hydrogen-bond donors (Lipinski definition) is 1. The molecule has 6 nitrogen and oxygen atoms in total. The number of sulfonamides is 1. The van der Waals surface area contributed by atoms with E-state index in [2.05, 4.69) is 4.72 Å². The van der Waals surface area contributed by atoms with E-state index >= 15 is 0 Å². The van der Waals surface area contributed by atoms with E-state index in [9.17, 15) is 18.0 Å². The minimum Gasteiger partial charge on any atom is -0.277 e. The lowest BCUT2D eigenvalue weighted by atomic mass is 10.0. The minimum absolute atomic E-state index is 0.0460. The van der Waals surface area contributed by atoms with Gasteiger partial charge in [-0.1, -0.05) is 36.4 Å². The Kier molecular flexibility index (Phi) is 4.28. The summed E-state index contributed by atoms with van der Waals surface area (Å²) in [5.74, 6) is -0.930. The third-order valence-electron chi connectivity index (χ3n) is 4.98. The molecule has 1 atom stereocenters. The second-order valence-electron chi connectivity index (χ2n) is 6.83. The highest BCUT2D eigenvalue weighted by Gasteiger charge is 2.34. The van der Waals surface area contributed by atoms with Crippen LogP contribution < -0.4 is 4.72 Å². The van der Waals surface area contributed by atoms with Gasteiger partial charge in [0.2, 0.25) is 10.0 Å². The van der Waals surface area contributed by atoms with Crippen LogP contribution >= 0.6 is 0 Å². The Morgan fingerprint density at radius 1 is 0.857 bits per heavy atom. The van der Waals surface area contributed by atoms with Crippen molar-refractivity contribution in [1.29, 1.82) is 0 Å². The van der Waals surface area contributed by atoms with E-state index in [1.54, 1.807) is 6.92 Å². The highest BCUT2D eigenvalue weighted by atomic mass is 32.2. The summed E-state index contributed by atoms with van der Waals surface area (Å²) in [6, 6.07) is 17.1.